The van der Waals surface area contributed by atoms with E-state index in [0.29, 0.717) is 35.0 Å². The number of nitrogens with one attached hydrogen (secondary N) is 3. The number of rotatable bonds is 16. The summed E-state index contributed by atoms with van der Waals surface area (Å²) in [6.07, 6.45) is 3.85. The maximum Gasteiger partial charge on any atom is 0.357 e. The van der Waals surface area contributed by atoms with E-state index in [4.69, 9.17) is 31.1 Å². The molecule has 0 spiro atoms. The van der Waals surface area contributed by atoms with E-state index in [9.17, 15) is 19.2 Å². The van der Waals surface area contributed by atoms with E-state index in [1.807, 2.05) is 30.3 Å². The Hall–Kier alpha value is -6.34. The van der Waals surface area contributed by atoms with Gasteiger partial charge in [0.2, 0.25) is 0 Å². The topological polar surface area (TPSA) is 209 Å². The predicted octanol–water partition coefficient (Wildman–Crippen LogP) is 4.35. The van der Waals surface area contributed by atoms with Crippen LogP contribution in [-0.4, -0.2) is 67.5 Å². The van der Waals surface area contributed by atoms with Crippen LogP contribution in [-0.2, 0) is 20.7 Å². The van der Waals surface area contributed by atoms with Crippen LogP contribution in [0.1, 0.15) is 60.9 Å². The van der Waals surface area contributed by atoms with E-state index < -0.39 is 29.8 Å². The summed E-state index contributed by atoms with van der Waals surface area (Å²) in [5, 5.41) is 13.3. The average Bonchev–Trinajstić information content (AvgIpc) is 4.00. The molecule has 52 heavy (non-hydrogen) atoms. The molecular formula is C39H40N6O7. The number of ether oxygens (including phenoxy) is 3. The summed E-state index contributed by atoms with van der Waals surface area (Å²) in [5.74, 6) is -1.94. The highest BCUT2D eigenvalue weighted by Gasteiger charge is 2.26. The standard InChI is InChI=1S/C39H40N6O7/c1-3-25-20-30(36(46)44-27-13-11-26(12-14-27)35(41)42)29(21-33(25)50-2)28-15-16-32(37(47)43-22-24-9-10-24)45-34(28)39(49)52-18-17-51-38(48)31(40)19-23-7-5-4-6-8-23/h3-8,11-16,20-21,24,31H,1,9-10,17-19,22,40H2,2H3,(H3,41,42)(H,43,47)(H,44,46)/t31-/m0/s1. The predicted molar refractivity (Wildman–Crippen MR) is 196 cm³/mol. The zero-order chi connectivity index (χ0) is 37.2. The van der Waals surface area contributed by atoms with Crippen LogP contribution < -0.4 is 26.8 Å². The first-order valence-corrected chi connectivity index (χ1v) is 16.6. The highest BCUT2D eigenvalue weighted by molar-refractivity contribution is 6.11. The quantitative estimate of drug-likeness (QED) is 0.0482. The first-order chi connectivity index (χ1) is 25.1. The summed E-state index contributed by atoms with van der Waals surface area (Å²) in [6, 6.07) is 20.8. The first-order valence-electron chi connectivity index (χ1n) is 16.6. The van der Waals surface area contributed by atoms with Crippen molar-refractivity contribution in [1.29, 1.82) is 5.41 Å². The van der Waals surface area contributed by atoms with Crippen LogP contribution in [0.25, 0.3) is 17.2 Å². The third-order valence-electron chi connectivity index (χ3n) is 8.31. The van der Waals surface area contributed by atoms with Gasteiger partial charge in [0.05, 0.1) is 7.11 Å². The Bertz CT molecular complexity index is 1980. The minimum absolute atomic E-state index is 0.0269. The normalized spacial score (nSPS) is 12.6. The number of amides is 2. The molecule has 0 aliphatic heterocycles. The van der Waals surface area contributed by atoms with Crippen LogP contribution in [0.5, 0.6) is 5.75 Å². The van der Waals surface area contributed by atoms with Gasteiger partial charge in [-0.25, -0.2) is 9.78 Å². The number of esters is 2. The monoisotopic (exact) mass is 704 g/mol. The van der Waals surface area contributed by atoms with Crippen molar-refractivity contribution in [2.45, 2.75) is 25.3 Å². The number of nitrogens with two attached hydrogens (primary N) is 2. The maximum absolute atomic E-state index is 13.8. The van der Waals surface area contributed by atoms with Gasteiger partial charge in [0.15, 0.2) is 5.69 Å². The van der Waals surface area contributed by atoms with Crippen LogP contribution in [0.2, 0.25) is 0 Å². The molecule has 0 bridgehead atoms. The average molecular weight is 705 g/mol. The van der Waals surface area contributed by atoms with Crippen molar-refractivity contribution in [3.05, 3.63) is 119 Å². The molecule has 3 aromatic carbocycles. The lowest BCUT2D eigenvalue weighted by molar-refractivity contribution is -0.146. The van der Waals surface area contributed by atoms with Crippen molar-refractivity contribution in [2.24, 2.45) is 17.4 Å². The molecule has 13 nitrogen and oxygen atoms in total. The Balaban J connectivity index is 1.42. The molecule has 0 radical (unpaired) electrons. The smallest absolute Gasteiger partial charge is 0.357 e. The first kappa shape index (κ1) is 36.9. The molecule has 4 aromatic rings. The molecule has 13 heteroatoms. The Morgan fingerprint density at radius 2 is 1.67 bits per heavy atom. The number of amidine groups is 1. The summed E-state index contributed by atoms with van der Waals surface area (Å²) >= 11 is 0. The maximum atomic E-state index is 13.8. The molecule has 1 saturated carbocycles. The molecule has 0 saturated heterocycles. The van der Waals surface area contributed by atoms with Gasteiger partial charge in [-0.05, 0) is 79.3 Å². The van der Waals surface area contributed by atoms with Crippen LogP contribution in [0.4, 0.5) is 5.69 Å². The fourth-order valence-corrected chi connectivity index (χ4v) is 5.29. The van der Waals surface area contributed by atoms with E-state index in [2.05, 4.69) is 22.2 Å². The molecule has 2 amide bonds. The van der Waals surface area contributed by atoms with Crippen molar-refractivity contribution in [1.82, 2.24) is 10.3 Å². The number of hydrogen-bond donors (Lipinski definition) is 5. The minimum atomic E-state index is -0.922. The van der Waals surface area contributed by atoms with E-state index in [1.54, 1.807) is 36.4 Å². The molecule has 7 N–H and O–H groups in total. The van der Waals surface area contributed by atoms with Crippen LogP contribution in [0.3, 0.4) is 0 Å². The fourth-order valence-electron chi connectivity index (χ4n) is 5.29. The van der Waals surface area contributed by atoms with Crippen molar-refractivity contribution in [3.63, 3.8) is 0 Å². The highest BCUT2D eigenvalue weighted by Crippen LogP contribution is 2.35. The van der Waals surface area contributed by atoms with E-state index in [0.717, 1.165) is 18.4 Å². The molecule has 0 unspecified atom stereocenters. The Morgan fingerprint density at radius 3 is 2.33 bits per heavy atom. The number of nitrogen functional groups attached to an aromatic ring is 1. The Kier molecular flexibility index (Phi) is 12.1. The van der Waals surface area contributed by atoms with Gasteiger partial charge in [-0.15, -0.1) is 0 Å². The van der Waals surface area contributed by atoms with Gasteiger partial charge < -0.3 is 36.3 Å². The molecule has 1 fully saturated rings. The molecule has 1 aromatic heterocycles. The number of pyridine rings is 1. The number of hydrogen-bond acceptors (Lipinski definition) is 10. The van der Waals surface area contributed by atoms with Gasteiger partial charge >= 0.3 is 11.9 Å². The zero-order valence-electron chi connectivity index (χ0n) is 28.6. The van der Waals surface area contributed by atoms with E-state index in [-0.39, 0.29) is 53.5 Å². The van der Waals surface area contributed by atoms with Crippen LogP contribution in [0.15, 0.2) is 85.4 Å². The number of methoxy groups -OCH3 is 1. The minimum Gasteiger partial charge on any atom is -0.496 e. The summed E-state index contributed by atoms with van der Waals surface area (Å²) < 4.78 is 16.3. The second kappa shape index (κ2) is 17.1. The highest BCUT2D eigenvalue weighted by atomic mass is 16.6. The largest absolute Gasteiger partial charge is 0.496 e. The van der Waals surface area contributed by atoms with Gasteiger partial charge in [-0.2, -0.15) is 0 Å². The van der Waals surface area contributed by atoms with Gasteiger partial charge in [0.25, 0.3) is 11.8 Å². The Morgan fingerprint density at radius 1 is 0.962 bits per heavy atom. The van der Waals surface area contributed by atoms with Gasteiger partial charge in [-0.3, -0.25) is 19.8 Å². The lowest BCUT2D eigenvalue weighted by Gasteiger charge is -2.17. The lowest BCUT2D eigenvalue weighted by atomic mass is 9.94. The molecule has 1 atom stereocenters. The summed E-state index contributed by atoms with van der Waals surface area (Å²) in [7, 11) is 1.45. The van der Waals surface area contributed by atoms with E-state index >= 15 is 0 Å². The van der Waals surface area contributed by atoms with Crippen molar-refractivity contribution in [3.8, 4) is 16.9 Å². The molecule has 1 heterocycles. The second-order valence-electron chi connectivity index (χ2n) is 12.1. The van der Waals surface area contributed by atoms with Gasteiger partial charge in [0, 0.05) is 40.0 Å². The van der Waals surface area contributed by atoms with E-state index in [1.165, 1.54) is 25.3 Å². The Labute approximate surface area is 300 Å². The number of carbonyl (C=O) groups is 4. The van der Waals surface area contributed by atoms with Crippen LogP contribution >= 0.6 is 0 Å². The number of aromatic nitrogens is 1. The second-order valence-corrected chi connectivity index (χ2v) is 12.1. The lowest BCUT2D eigenvalue weighted by Crippen LogP contribution is -2.35. The number of anilines is 1. The summed E-state index contributed by atoms with van der Waals surface area (Å²) in [6.45, 7) is 3.71. The number of nitrogens with zero attached hydrogens (tertiary/aromatic N) is 1. The van der Waals surface area contributed by atoms with Crippen molar-refractivity contribution >= 4 is 41.4 Å². The fraction of sp³-hybridized carbons (Fsp3) is 0.231. The zero-order valence-corrected chi connectivity index (χ0v) is 28.6. The van der Waals surface area contributed by atoms with Crippen LogP contribution in [0, 0.1) is 11.3 Å². The third-order valence-corrected chi connectivity index (χ3v) is 8.31. The molecule has 268 valence electrons. The number of carbonyl (C=O) groups excluding carboxylic acids is 4. The molecule has 1 aliphatic rings. The number of benzene rings is 3. The third kappa shape index (κ3) is 9.46. The summed E-state index contributed by atoms with van der Waals surface area (Å²) in [4.78, 5) is 57.5. The van der Waals surface area contributed by atoms with Crippen molar-refractivity contribution < 1.29 is 33.4 Å². The SMILES string of the molecule is C=Cc1cc(C(=O)Nc2ccc(C(=N)N)cc2)c(-c2ccc(C(=O)NCC3CC3)nc2C(=O)OCCOC(=O)[C@@H](N)Cc2ccccc2)cc1OC. The molecule has 1 aliphatic carbocycles. The molecule has 5 rings (SSSR count). The van der Waals surface area contributed by atoms with Gasteiger partial charge in [0.1, 0.15) is 36.5 Å². The summed E-state index contributed by atoms with van der Waals surface area (Å²) in [5.41, 5.74) is 14.2. The van der Waals surface area contributed by atoms with Crippen molar-refractivity contribution in [2.75, 3.05) is 32.2 Å². The molecular weight excluding hydrogens is 664 g/mol. The van der Waals surface area contributed by atoms with Gasteiger partial charge in [-0.1, -0.05) is 43.0 Å².